The van der Waals surface area contributed by atoms with Crippen molar-refractivity contribution in [3.63, 3.8) is 0 Å². The lowest BCUT2D eigenvalue weighted by atomic mass is 9.88. The van der Waals surface area contributed by atoms with Crippen molar-refractivity contribution in [2.45, 2.75) is 33.2 Å². The van der Waals surface area contributed by atoms with Crippen LogP contribution in [0.15, 0.2) is 90.1 Å². The quantitative estimate of drug-likeness (QED) is 0.314. The topological polar surface area (TPSA) is 25.2 Å². The van der Waals surface area contributed by atoms with E-state index >= 15 is 0 Å². The lowest BCUT2D eigenvalue weighted by Crippen LogP contribution is -2.06. The van der Waals surface area contributed by atoms with Gasteiger partial charge in [-0.05, 0) is 59.5 Å². The molecule has 1 heterocycles. The zero-order valence-corrected chi connectivity index (χ0v) is 18.5. The zero-order valence-electron chi connectivity index (χ0n) is 17.8. The van der Waals surface area contributed by atoms with Crippen LogP contribution in [0.1, 0.15) is 44.5 Å². The van der Waals surface area contributed by atoms with Crippen molar-refractivity contribution in [1.29, 1.82) is 0 Å². The molecule has 0 spiro atoms. The molecule has 2 aromatic rings. The van der Waals surface area contributed by atoms with Gasteiger partial charge in [0.2, 0.25) is 0 Å². The maximum Gasteiger partial charge on any atom is 0.124 e. The first-order valence-electron chi connectivity index (χ1n) is 9.79. The van der Waals surface area contributed by atoms with E-state index in [9.17, 15) is 4.39 Å². The highest BCUT2D eigenvalue weighted by Crippen LogP contribution is 2.38. The van der Waals surface area contributed by atoms with Gasteiger partial charge in [0, 0.05) is 11.2 Å². The second-order valence-corrected chi connectivity index (χ2v) is 8.37. The summed E-state index contributed by atoms with van der Waals surface area (Å²) in [6.45, 7) is 13.9. The van der Waals surface area contributed by atoms with Gasteiger partial charge in [0.05, 0.1) is 5.69 Å². The molecule has 0 N–H and O–H groups in total. The third-order valence-electron chi connectivity index (χ3n) is 4.41. The number of aliphatic imine (C=N–C) groups is 1. The number of aromatic nitrogens is 1. The zero-order chi connectivity index (χ0) is 22.1. The van der Waals surface area contributed by atoms with E-state index in [0.717, 1.165) is 16.8 Å². The Kier molecular flexibility index (Phi) is 8.49. The van der Waals surface area contributed by atoms with Crippen LogP contribution in [-0.4, -0.2) is 11.7 Å². The van der Waals surface area contributed by atoms with Crippen LogP contribution in [0.5, 0.6) is 0 Å². The molecule has 0 aliphatic heterocycles. The Morgan fingerprint density at radius 3 is 2.60 bits per heavy atom. The molecule has 30 heavy (non-hydrogen) atoms. The smallest absolute Gasteiger partial charge is 0.124 e. The largest absolute Gasteiger partial charge is 0.288 e. The summed E-state index contributed by atoms with van der Waals surface area (Å²) in [6.07, 6.45) is 12.2. The summed E-state index contributed by atoms with van der Waals surface area (Å²) in [6, 6.07) is 9.69. The summed E-state index contributed by atoms with van der Waals surface area (Å²) in [7, 11) is 0. The lowest BCUT2D eigenvalue weighted by Gasteiger charge is -2.21. The summed E-state index contributed by atoms with van der Waals surface area (Å²) in [5.41, 5.74) is 3.40. The fourth-order valence-corrected chi connectivity index (χ4v) is 3.25. The van der Waals surface area contributed by atoms with Crippen LogP contribution >= 0.6 is 11.6 Å². The van der Waals surface area contributed by atoms with Crippen molar-refractivity contribution in [2.75, 3.05) is 0 Å². The van der Waals surface area contributed by atoms with Crippen molar-refractivity contribution in [3.8, 4) is 0 Å². The predicted molar refractivity (Wildman–Crippen MR) is 127 cm³/mol. The van der Waals surface area contributed by atoms with Crippen LogP contribution in [0.4, 0.5) is 4.39 Å². The number of halogens is 2. The predicted octanol–water partition coefficient (Wildman–Crippen LogP) is 7.80. The molecule has 4 heteroatoms. The Morgan fingerprint density at radius 2 is 2.03 bits per heavy atom. The van der Waals surface area contributed by atoms with Gasteiger partial charge in [-0.3, -0.25) is 9.98 Å². The molecule has 2 rings (SSSR count). The Balaban J connectivity index is 2.78. The number of nitrogens with zero attached hydrogens (tertiary/aromatic N) is 2. The molecule has 2 nitrogen and oxygen atoms in total. The summed E-state index contributed by atoms with van der Waals surface area (Å²) < 4.78 is 13.7. The highest BCUT2D eigenvalue weighted by atomic mass is 35.5. The molecule has 1 atom stereocenters. The van der Waals surface area contributed by atoms with Crippen molar-refractivity contribution >= 4 is 23.9 Å². The fourth-order valence-electron chi connectivity index (χ4n) is 2.98. The molecule has 0 saturated carbocycles. The standard InChI is InChI=1S/C26H28ClFN2/c1-6-7-8-11-20(24-12-9-10-17-30-24)21(15-16-26(2,3)4)25(29-5)22-14-13-19(28)18-23(22)27/h6-10,12-18,25H,1,5,11H2,2-4H3/b8-7-,16-15-,21-20+. The molecular weight excluding hydrogens is 395 g/mol. The first-order valence-corrected chi connectivity index (χ1v) is 10.2. The monoisotopic (exact) mass is 422 g/mol. The summed E-state index contributed by atoms with van der Waals surface area (Å²) >= 11 is 6.40. The van der Waals surface area contributed by atoms with Crippen molar-refractivity contribution < 1.29 is 4.39 Å². The second-order valence-electron chi connectivity index (χ2n) is 7.97. The van der Waals surface area contributed by atoms with Crippen molar-refractivity contribution in [3.05, 3.63) is 107 Å². The van der Waals surface area contributed by atoms with Crippen LogP contribution in [0.3, 0.4) is 0 Å². The van der Waals surface area contributed by atoms with Crippen LogP contribution in [0, 0.1) is 11.2 Å². The summed E-state index contributed by atoms with van der Waals surface area (Å²) in [5.74, 6) is -0.388. The van der Waals surface area contributed by atoms with E-state index in [1.807, 2.05) is 30.4 Å². The normalized spacial score (nSPS) is 14.0. The minimum absolute atomic E-state index is 0.0459. The second kappa shape index (κ2) is 10.8. The molecule has 0 bridgehead atoms. The van der Waals surface area contributed by atoms with Gasteiger partial charge in [-0.25, -0.2) is 4.39 Å². The van der Waals surface area contributed by atoms with E-state index in [0.29, 0.717) is 17.0 Å². The SMILES string of the molecule is C=C/C=C\C/C(=C(/C=C\C(C)(C)C)C(N=C)c1ccc(F)cc1Cl)c1ccccn1. The fraction of sp³-hybridized carbons (Fsp3) is 0.231. The number of rotatable bonds is 8. The average molecular weight is 423 g/mol. The van der Waals surface area contributed by atoms with Crippen molar-refractivity contribution in [1.82, 2.24) is 4.98 Å². The van der Waals surface area contributed by atoms with E-state index in [4.69, 9.17) is 11.6 Å². The maximum absolute atomic E-state index is 13.7. The van der Waals surface area contributed by atoms with E-state index < -0.39 is 6.04 Å². The third-order valence-corrected chi connectivity index (χ3v) is 4.74. The van der Waals surface area contributed by atoms with Gasteiger partial charge in [-0.2, -0.15) is 0 Å². The first-order chi connectivity index (χ1) is 14.3. The number of hydrogen-bond donors (Lipinski definition) is 0. The van der Waals surface area contributed by atoms with E-state index in [1.165, 1.54) is 12.1 Å². The van der Waals surface area contributed by atoms with Gasteiger partial charge in [0.1, 0.15) is 11.9 Å². The Labute approximate surface area is 184 Å². The molecule has 1 aromatic carbocycles. The molecule has 1 aromatic heterocycles. The van der Waals surface area contributed by atoms with Crippen LogP contribution in [0.25, 0.3) is 5.57 Å². The minimum atomic E-state index is -0.467. The molecule has 0 radical (unpaired) electrons. The molecule has 1 unspecified atom stereocenters. The van der Waals surface area contributed by atoms with Gasteiger partial charge < -0.3 is 0 Å². The Morgan fingerprint density at radius 1 is 1.27 bits per heavy atom. The number of pyridine rings is 1. The molecule has 0 saturated heterocycles. The van der Waals surface area contributed by atoms with Crippen molar-refractivity contribution in [2.24, 2.45) is 10.4 Å². The van der Waals surface area contributed by atoms with Gasteiger partial charge in [0.25, 0.3) is 0 Å². The van der Waals surface area contributed by atoms with Crippen LogP contribution < -0.4 is 0 Å². The molecule has 0 aliphatic carbocycles. The average Bonchev–Trinajstić information content (AvgIpc) is 2.70. The maximum atomic E-state index is 13.7. The van der Waals surface area contributed by atoms with E-state index in [2.05, 4.69) is 56.2 Å². The van der Waals surface area contributed by atoms with E-state index in [1.54, 1.807) is 18.3 Å². The lowest BCUT2D eigenvalue weighted by molar-refractivity contribution is 0.543. The minimum Gasteiger partial charge on any atom is -0.288 e. The van der Waals surface area contributed by atoms with Crippen LogP contribution in [-0.2, 0) is 0 Å². The molecule has 0 amide bonds. The van der Waals surface area contributed by atoms with E-state index in [-0.39, 0.29) is 11.2 Å². The number of allylic oxidation sites excluding steroid dienone is 5. The highest BCUT2D eigenvalue weighted by Gasteiger charge is 2.22. The molecule has 156 valence electrons. The highest BCUT2D eigenvalue weighted by molar-refractivity contribution is 6.31. The Bertz CT molecular complexity index is 966. The number of benzene rings is 1. The van der Waals surface area contributed by atoms with Crippen LogP contribution in [0.2, 0.25) is 5.02 Å². The molecule has 0 aliphatic rings. The number of hydrogen-bond acceptors (Lipinski definition) is 2. The van der Waals surface area contributed by atoms with Gasteiger partial charge in [0.15, 0.2) is 0 Å². The molecular formula is C26H28ClFN2. The summed E-state index contributed by atoms with van der Waals surface area (Å²) in [4.78, 5) is 8.95. The molecule has 0 fully saturated rings. The Hall–Kier alpha value is -2.78. The summed E-state index contributed by atoms with van der Waals surface area (Å²) in [5, 5.41) is 0.316. The third kappa shape index (κ3) is 6.64. The first kappa shape index (κ1) is 23.5. The van der Waals surface area contributed by atoms with Gasteiger partial charge in [-0.15, -0.1) is 0 Å². The van der Waals surface area contributed by atoms with Gasteiger partial charge >= 0.3 is 0 Å². The van der Waals surface area contributed by atoms with Gasteiger partial charge in [-0.1, -0.05) is 81.5 Å².